The molecule has 2 aromatic rings. The average molecular weight is 345 g/mol. The van der Waals surface area contributed by atoms with Gasteiger partial charge in [0, 0.05) is 30.5 Å². The first kappa shape index (κ1) is 17.0. The number of hydrogen-bond acceptors (Lipinski definition) is 5. The minimum atomic E-state index is -0.189. The lowest BCUT2D eigenvalue weighted by Gasteiger charge is -2.16. The molecule has 24 heavy (non-hydrogen) atoms. The van der Waals surface area contributed by atoms with E-state index in [1.807, 2.05) is 23.6 Å². The molecule has 2 heterocycles. The van der Waals surface area contributed by atoms with Gasteiger partial charge in [0.25, 0.3) is 0 Å². The molecule has 1 amide bonds. The fourth-order valence-corrected chi connectivity index (χ4v) is 3.90. The summed E-state index contributed by atoms with van der Waals surface area (Å²) in [6.45, 7) is 4.74. The molecule has 7 heteroatoms. The molecule has 0 bridgehead atoms. The van der Waals surface area contributed by atoms with E-state index in [0.717, 1.165) is 35.9 Å². The van der Waals surface area contributed by atoms with Crippen LogP contribution in [0.1, 0.15) is 39.5 Å². The van der Waals surface area contributed by atoms with Crippen molar-refractivity contribution in [3.8, 4) is 11.4 Å². The summed E-state index contributed by atoms with van der Waals surface area (Å²) in [7, 11) is 0. The molecule has 2 aromatic heterocycles. The van der Waals surface area contributed by atoms with Crippen molar-refractivity contribution in [1.29, 1.82) is 0 Å². The maximum Gasteiger partial charge on any atom is 0.233 e. The van der Waals surface area contributed by atoms with Crippen LogP contribution in [0.15, 0.2) is 29.7 Å². The Bertz CT molecular complexity index is 682. The summed E-state index contributed by atoms with van der Waals surface area (Å²) >= 11 is 1.46. The highest BCUT2D eigenvalue weighted by Crippen LogP contribution is 2.27. The number of nitrogens with zero attached hydrogens (tertiary/aromatic N) is 4. The molecule has 1 saturated carbocycles. The van der Waals surface area contributed by atoms with Gasteiger partial charge >= 0.3 is 0 Å². The van der Waals surface area contributed by atoms with Crippen molar-refractivity contribution in [2.75, 3.05) is 0 Å². The first-order valence-corrected chi connectivity index (χ1v) is 9.37. The molecule has 1 unspecified atom stereocenters. The second-order valence-corrected chi connectivity index (χ2v) is 7.34. The van der Waals surface area contributed by atoms with Gasteiger partial charge in [0.1, 0.15) is 0 Å². The van der Waals surface area contributed by atoms with Crippen LogP contribution in [0.5, 0.6) is 0 Å². The topological polar surface area (TPSA) is 72.7 Å². The third kappa shape index (κ3) is 3.77. The molecular weight excluding hydrogens is 322 g/mol. The first-order valence-electron chi connectivity index (χ1n) is 8.49. The summed E-state index contributed by atoms with van der Waals surface area (Å²) in [6.07, 6.45) is 8.11. The molecule has 1 fully saturated rings. The maximum absolute atomic E-state index is 12.4. The largest absolute Gasteiger partial charge is 0.352 e. The first-order chi connectivity index (χ1) is 11.7. The lowest BCUT2D eigenvalue weighted by Crippen LogP contribution is -2.37. The fraction of sp³-hybridized carbons (Fsp3) is 0.529. The van der Waals surface area contributed by atoms with Crippen LogP contribution in [0.4, 0.5) is 0 Å². The number of hydrogen-bond donors (Lipinski definition) is 1. The van der Waals surface area contributed by atoms with Crippen molar-refractivity contribution in [1.82, 2.24) is 25.1 Å². The Morgan fingerprint density at radius 2 is 2.04 bits per heavy atom. The van der Waals surface area contributed by atoms with Gasteiger partial charge in [0.15, 0.2) is 11.0 Å². The van der Waals surface area contributed by atoms with Crippen molar-refractivity contribution in [3.05, 3.63) is 24.5 Å². The van der Waals surface area contributed by atoms with Gasteiger partial charge in [0.05, 0.1) is 5.25 Å². The molecule has 0 spiro atoms. The van der Waals surface area contributed by atoms with Gasteiger partial charge in [0.2, 0.25) is 5.91 Å². The van der Waals surface area contributed by atoms with Crippen LogP contribution in [-0.2, 0) is 11.3 Å². The lowest BCUT2D eigenvalue weighted by atomic mass is 10.2. The highest BCUT2D eigenvalue weighted by atomic mass is 32.2. The molecule has 0 aliphatic heterocycles. The minimum absolute atomic E-state index is 0.0861. The molecule has 128 valence electrons. The lowest BCUT2D eigenvalue weighted by molar-refractivity contribution is -0.120. The van der Waals surface area contributed by atoms with Crippen LogP contribution in [0.3, 0.4) is 0 Å². The number of thioether (sulfide) groups is 1. The van der Waals surface area contributed by atoms with E-state index in [2.05, 4.69) is 27.4 Å². The Balaban J connectivity index is 1.70. The Morgan fingerprint density at radius 1 is 1.33 bits per heavy atom. The number of rotatable bonds is 6. The molecular formula is C17H23N5OS. The van der Waals surface area contributed by atoms with Crippen molar-refractivity contribution in [2.45, 2.75) is 62.5 Å². The molecule has 1 N–H and O–H groups in total. The molecule has 1 aliphatic rings. The van der Waals surface area contributed by atoms with E-state index in [4.69, 9.17) is 0 Å². The van der Waals surface area contributed by atoms with Gasteiger partial charge in [-0.2, -0.15) is 0 Å². The second kappa shape index (κ2) is 7.79. The van der Waals surface area contributed by atoms with Gasteiger partial charge in [-0.25, -0.2) is 0 Å². The van der Waals surface area contributed by atoms with Crippen LogP contribution >= 0.6 is 11.8 Å². The molecule has 0 aromatic carbocycles. The van der Waals surface area contributed by atoms with Gasteiger partial charge in [-0.3, -0.25) is 9.78 Å². The maximum atomic E-state index is 12.4. The number of carbonyl (C=O) groups is 1. The number of pyridine rings is 1. The predicted molar refractivity (Wildman–Crippen MR) is 94.6 cm³/mol. The Hall–Kier alpha value is -1.89. The van der Waals surface area contributed by atoms with Crippen LogP contribution < -0.4 is 5.32 Å². The number of aromatic nitrogens is 4. The highest BCUT2D eigenvalue weighted by molar-refractivity contribution is 8.00. The SMILES string of the molecule is CCn1c(SC(C)C(=O)NC2CCCC2)nnc1-c1ccncc1. The summed E-state index contributed by atoms with van der Waals surface area (Å²) in [4.78, 5) is 16.4. The molecule has 0 radical (unpaired) electrons. The zero-order valence-corrected chi connectivity index (χ0v) is 14.9. The summed E-state index contributed by atoms with van der Waals surface area (Å²) in [6, 6.07) is 4.18. The third-order valence-corrected chi connectivity index (χ3v) is 5.41. The molecule has 0 saturated heterocycles. The predicted octanol–water partition coefficient (Wildman–Crippen LogP) is 2.90. The van der Waals surface area contributed by atoms with Crippen molar-refractivity contribution >= 4 is 17.7 Å². The number of amides is 1. The van der Waals surface area contributed by atoms with E-state index in [1.54, 1.807) is 12.4 Å². The van der Waals surface area contributed by atoms with Gasteiger partial charge in [-0.1, -0.05) is 24.6 Å². The molecule has 1 aliphatic carbocycles. The van der Waals surface area contributed by atoms with Gasteiger partial charge < -0.3 is 9.88 Å². The van der Waals surface area contributed by atoms with Crippen molar-refractivity contribution < 1.29 is 4.79 Å². The zero-order valence-electron chi connectivity index (χ0n) is 14.1. The summed E-state index contributed by atoms with van der Waals surface area (Å²) in [5.41, 5.74) is 0.981. The third-order valence-electron chi connectivity index (χ3n) is 4.32. The van der Waals surface area contributed by atoms with Gasteiger partial charge in [-0.15, -0.1) is 10.2 Å². The Kier molecular flexibility index (Phi) is 5.50. The monoisotopic (exact) mass is 345 g/mol. The summed E-state index contributed by atoms with van der Waals surface area (Å²) in [5, 5.41) is 12.3. The van der Waals surface area contributed by atoms with E-state index >= 15 is 0 Å². The highest BCUT2D eigenvalue weighted by Gasteiger charge is 2.23. The summed E-state index contributed by atoms with van der Waals surface area (Å²) in [5.74, 6) is 0.897. The molecule has 1 atom stereocenters. The second-order valence-electron chi connectivity index (χ2n) is 6.04. The molecule has 3 rings (SSSR count). The van der Waals surface area contributed by atoms with Crippen LogP contribution in [0.2, 0.25) is 0 Å². The Labute approximate surface area is 146 Å². The van der Waals surface area contributed by atoms with E-state index in [0.29, 0.717) is 6.04 Å². The van der Waals surface area contributed by atoms with Crippen LogP contribution in [0.25, 0.3) is 11.4 Å². The van der Waals surface area contributed by atoms with E-state index in [1.165, 1.54) is 24.6 Å². The van der Waals surface area contributed by atoms with E-state index < -0.39 is 0 Å². The quantitative estimate of drug-likeness (QED) is 0.815. The van der Waals surface area contributed by atoms with Gasteiger partial charge in [-0.05, 0) is 38.8 Å². The standard InChI is InChI=1S/C17H23N5OS/c1-3-22-15(13-8-10-18-11-9-13)20-21-17(22)24-12(2)16(23)19-14-6-4-5-7-14/h8-12,14H,3-7H2,1-2H3,(H,19,23). The fourth-order valence-electron chi connectivity index (χ4n) is 2.98. The average Bonchev–Trinajstić information content (AvgIpc) is 3.25. The zero-order chi connectivity index (χ0) is 16.9. The van der Waals surface area contributed by atoms with Crippen molar-refractivity contribution in [3.63, 3.8) is 0 Å². The number of carbonyl (C=O) groups excluding carboxylic acids is 1. The smallest absolute Gasteiger partial charge is 0.233 e. The molecule has 6 nitrogen and oxygen atoms in total. The number of nitrogens with one attached hydrogen (secondary N) is 1. The van der Waals surface area contributed by atoms with Crippen molar-refractivity contribution in [2.24, 2.45) is 0 Å². The summed E-state index contributed by atoms with van der Waals surface area (Å²) < 4.78 is 2.04. The Morgan fingerprint density at radius 3 is 2.71 bits per heavy atom. The van der Waals surface area contributed by atoms with Crippen LogP contribution in [0, 0.1) is 0 Å². The van der Waals surface area contributed by atoms with E-state index in [-0.39, 0.29) is 11.2 Å². The van der Waals surface area contributed by atoms with E-state index in [9.17, 15) is 4.79 Å². The van der Waals surface area contributed by atoms with Crippen LogP contribution in [-0.4, -0.2) is 36.9 Å². The minimum Gasteiger partial charge on any atom is -0.352 e. The normalized spacial score (nSPS) is 16.2.